The number of aryl methyl sites for hydroxylation is 1. The molecule has 0 aromatic carbocycles. The number of nitrogens with two attached hydrogens (primary N) is 2. The molecule has 0 aliphatic heterocycles. The standard InChI is InChI=1S/C8H16N4.2ClH/c1-2-3-4-5-12-8(10)7(9)6-11-12;;/h6H,2-5,9-10H2,1H3;2*1H. The zero-order chi connectivity index (χ0) is 8.97. The van der Waals surface area contributed by atoms with Crippen molar-refractivity contribution >= 4 is 36.3 Å². The molecule has 0 atom stereocenters. The first kappa shape index (κ1) is 15.8. The molecule has 0 amide bonds. The average Bonchev–Trinajstić information content (AvgIpc) is 2.36. The number of nitrogen functional groups attached to an aromatic ring is 2. The first-order chi connectivity index (χ1) is 5.75. The van der Waals surface area contributed by atoms with E-state index in [4.69, 9.17) is 11.5 Å². The van der Waals surface area contributed by atoms with Crippen LogP contribution in [-0.4, -0.2) is 9.78 Å². The maximum Gasteiger partial charge on any atom is 0.145 e. The highest BCUT2D eigenvalue weighted by Crippen LogP contribution is 2.13. The lowest BCUT2D eigenvalue weighted by molar-refractivity contribution is 0.559. The van der Waals surface area contributed by atoms with Gasteiger partial charge in [-0.1, -0.05) is 19.8 Å². The fraction of sp³-hybridized carbons (Fsp3) is 0.625. The van der Waals surface area contributed by atoms with Crippen molar-refractivity contribution in [3.63, 3.8) is 0 Å². The topological polar surface area (TPSA) is 69.9 Å². The Balaban J connectivity index is 0. The average molecular weight is 241 g/mol. The zero-order valence-corrected chi connectivity index (χ0v) is 9.90. The van der Waals surface area contributed by atoms with Crippen molar-refractivity contribution in [2.45, 2.75) is 32.7 Å². The molecule has 0 bridgehead atoms. The van der Waals surface area contributed by atoms with Crippen LogP contribution in [0.5, 0.6) is 0 Å². The molecule has 0 aliphatic rings. The Hall–Kier alpha value is -0.610. The highest BCUT2D eigenvalue weighted by atomic mass is 35.5. The Morgan fingerprint density at radius 2 is 1.93 bits per heavy atom. The molecule has 0 unspecified atom stereocenters. The van der Waals surface area contributed by atoms with E-state index in [1.54, 1.807) is 10.9 Å². The van der Waals surface area contributed by atoms with E-state index in [0.717, 1.165) is 13.0 Å². The smallest absolute Gasteiger partial charge is 0.145 e. The third-order valence-corrected chi connectivity index (χ3v) is 1.88. The second kappa shape index (κ2) is 7.76. The Morgan fingerprint density at radius 1 is 1.29 bits per heavy atom. The van der Waals surface area contributed by atoms with Crippen molar-refractivity contribution in [1.82, 2.24) is 9.78 Å². The van der Waals surface area contributed by atoms with Crippen LogP contribution in [0.3, 0.4) is 0 Å². The van der Waals surface area contributed by atoms with Gasteiger partial charge in [0, 0.05) is 6.54 Å². The molecule has 1 heterocycles. The van der Waals surface area contributed by atoms with Gasteiger partial charge in [-0.05, 0) is 6.42 Å². The third-order valence-electron chi connectivity index (χ3n) is 1.88. The molecule has 1 aromatic rings. The summed E-state index contributed by atoms with van der Waals surface area (Å²) in [6, 6.07) is 0. The lowest BCUT2D eigenvalue weighted by atomic mass is 10.2. The van der Waals surface area contributed by atoms with Crippen LogP contribution in [0.25, 0.3) is 0 Å². The molecule has 0 radical (unpaired) electrons. The maximum absolute atomic E-state index is 5.66. The van der Waals surface area contributed by atoms with Crippen molar-refractivity contribution in [2.75, 3.05) is 11.5 Å². The van der Waals surface area contributed by atoms with Crippen molar-refractivity contribution in [3.8, 4) is 0 Å². The molecule has 6 heteroatoms. The van der Waals surface area contributed by atoms with Crippen LogP contribution in [-0.2, 0) is 6.54 Å². The maximum atomic E-state index is 5.66. The molecule has 84 valence electrons. The van der Waals surface area contributed by atoms with E-state index < -0.39 is 0 Å². The molecule has 1 aromatic heterocycles. The fourth-order valence-corrected chi connectivity index (χ4v) is 1.10. The van der Waals surface area contributed by atoms with Gasteiger partial charge >= 0.3 is 0 Å². The minimum absolute atomic E-state index is 0. The Kier molecular flexibility index (Phi) is 8.79. The minimum atomic E-state index is 0. The van der Waals surface area contributed by atoms with Gasteiger partial charge in [0.2, 0.25) is 0 Å². The summed E-state index contributed by atoms with van der Waals surface area (Å²) in [5, 5.41) is 4.05. The highest BCUT2D eigenvalue weighted by molar-refractivity contribution is 5.85. The lowest BCUT2D eigenvalue weighted by Crippen LogP contribution is -2.05. The Bertz CT molecular complexity index is 249. The molecule has 0 saturated heterocycles. The van der Waals surface area contributed by atoms with Crippen LogP contribution in [0.1, 0.15) is 26.2 Å². The molecule has 1 rings (SSSR count). The second-order valence-electron chi connectivity index (χ2n) is 2.92. The van der Waals surface area contributed by atoms with Gasteiger partial charge in [-0.3, -0.25) is 0 Å². The largest absolute Gasteiger partial charge is 0.394 e. The number of hydrogen-bond donors (Lipinski definition) is 2. The molecular formula is C8H18Cl2N4. The number of halogens is 2. The molecule has 14 heavy (non-hydrogen) atoms. The molecule has 0 fully saturated rings. The normalized spacial score (nSPS) is 8.93. The van der Waals surface area contributed by atoms with Crippen molar-refractivity contribution in [2.24, 2.45) is 0 Å². The summed E-state index contributed by atoms with van der Waals surface area (Å²) in [7, 11) is 0. The summed E-state index contributed by atoms with van der Waals surface area (Å²) in [5.41, 5.74) is 11.8. The predicted octanol–water partition coefficient (Wildman–Crippen LogP) is 2.08. The second-order valence-corrected chi connectivity index (χ2v) is 2.92. The monoisotopic (exact) mass is 240 g/mol. The van der Waals surface area contributed by atoms with Crippen molar-refractivity contribution in [3.05, 3.63) is 6.20 Å². The molecular weight excluding hydrogens is 223 g/mol. The summed E-state index contributed by atoms with van der Waals surface area (Å²) in [4.78, 5) is 0. The SMILES string of the molecule is CCCCCn1ncc(N)c1N.Cl.Cl. The number of aromatic nitrogens is 2. The van der Waals surface area contributed by atoms with Gasteiger partial charge in [0.25, 0.3) is 0 Å². The van der Waals surface area contributed by atoms with Crippen LogP contribution in [0.4, 0.5) is 11.5 Å². The van der Waals surface area contributed by atoms with Gasteiger partial charge in [-0.15, -0.1) is 24.8 Å². The van der Waals surface area contributed by atoms with Gasteiger partial charge in [0.1, 0.15) is 5.82 Å². The Morgan fingerprint density at radius 3 is 2.36 bits per heavy atom. The summed E-state index contributed by atoms with van der Waals surface area (Å²) in [6.07, 6.45) is 5.12. The minimum Gasteiger partial charge on any atom is -0.394 e. The number of nitrogens with zero attached hydrogens (tertiary/aromatic N) is 2. The molecule has 4 N–H and O–H groups in total. The van der Waals surface area contributed by atoms with Gasteiger partial charge in [0.15, 0.2) is 0 Å². The van der Waals surface area contributed by atoms with E-state index in [2.05, 4.69) is 12.0 Å². The van der Waals surface area contributed by atoms with E-state index in [9.17, 15) is 0 Å². The van der Waals surface area contributed by atoms with E-state index in [1.807, 2.05) is 0 Å². The highest BCUT2D eigenvalue weighted by Gasteiger charge is 2.01. The van der Waals surface area contributed by atoms with Crippen LogP contribution in [0.15, 0.2) is 6.20 Å². The summed E-state index contributed by atoms with van der Waals surface area (Å²) >= 11 is 0. The molecule has 0 spiro atoms. The van der Waals surface area contributed by atoms with E-state index in [0.29, 0.717) is 11.5 Å². The van der Waals surface area contributed by atoms with E-state index in [1.165, 1.54) is 12.8 Å². The molecule has 0 saturated carbocycles. The van der Waals surface area contributed by atoms with Crippen LogP contribution in [0.2, 0.25) is 0 Å². The number of hydrogen-bond acceptors (Lipinski definition) is 3. The van der Waals surface area contributed by atoms with Crippen molar-refractivity contribution < 1.29 is 0 Å². The third kappa shape index (κ3) is 4.07. The zero-order valence-electron chi connectivity index (χ0n) is 8.27. The first-order valence-corrected chi connectivity index (χ1v) is 4.32. The number of unbranched alkanes of at least 4 members (excludes halogenated alkanes) is 2. The first-order valence-electron chi connectivity index (χ1n) is 4.32. The van der Waals surface area contributed by atoms with Crippen LogP contribution < -0.4 is 11.5 Å². The molecule has 4 nitrogen and oxygen atoms in total. The number of anilines is 2. The molecule has 0 aliphatic carbocycles. The van der Waals surface area contributed by atoms with E-state index >= 15 is 0 Å². The summed E-state index contributed by atoms with van der Waals surface area (Å²) < 4.78 is 1.75. The quantitative estimate of drug-likeness (QED) is 0.793. The van der Waals surface area contributed by atoms with Gasteiger partial charge in [-0.25, -0.2) is 4.68 Å². The van der Waals surface area contributed by atoms with E-state index in [-0.39, 0.29) is 24.8 Å². The number of rotatable bonds is 4. The lowest BCUT2D eigenvalue weighted by Gasteiger charge is -2.02. The van der Waals surface area contributed by atoms with Crippen LogP contribution in [0, 0.1) is 0 Å². The van der Waals surface area contributed by atoms with Gasteiger partial charge in [0.05, 0.1) is 11.9 Å². The summed E-state index contributed by atoms with van der Waals surface area (Å²) in [6.45, 7) is 3.04. The fourth-order valence-electron chi connectivity index (χ4n) is 1.10. The van der Waals surface area contributed by atoms with Gasteiger partial charge in [-0.2, -0.15) is 5.10 Å². The van der Waals surface area contributed by atoms with Crippen LogP contribution >= 0.6 is 24.8 Å². The van der Waals surface area contributed by atoms with Crippen molar-refractivity contribution in [1.29, 1.82) is 0 Å². The Labute approximate surface area is 96.8 Å². The summed E-state index contributed by atoms with van der Waals surface area (Å²) in [5.74, 6) is 0.589. The van der Waals surface area contributed by atoms with Gasteiger partial charge < -0.3 is 11.5 Å². The predicted molar refractivity (Wildman–Crippen MR) is 65.1 cm³/mol.